The summed E-state index contributed by atoms with van der Waals surface area (Å²) in [7, 11) is 0. The fourth-order valence-corrected chi connectivity index (χ4v) is 1.67. The normalized spacial score (nSPS) is 11.7. The van der Waals surface area contributed by atoms with E-state index in [9.17, 15) is 0 Å². The van der Waals surface area contributed by atoms with Crippen molar-refractivity contribution in [3.63, 3.8) is 0 Å². The first-order valence-corrected chi connectivity index (χ1v) is 5.49. The molecule has 5 heteroatoms. The summed E-state index contributed by atoms with van der Waals surface area (Å²) in [6, 6.07) is 0. The zero-order chi connectivity index (χ0) is 10.4. The predicted octanol–water partition coefficient (Wildman–Crippen LogP) is 1.27. The molecule has 4 nitrogen and oxygen atoms in total. The molecule has 0 saturated carbocycles. The molecule has 78 valence electrons. The molecular weight excluding hydrogens is 196 g/mol. The van der Waals surface area contributed by atoms with Gasteiger partial charge >= 0.3 is 0 Å². The number of guanidine groups is 1. The summed E-state index contributed by atoms with van der Waals surface area (Å²) in [4.78, 5) is 9.49. The first kappa shape index (κ1) is 11.0. The average Bonchev–Trinajstić information content (AvgIpc) is 2.58. The van der Waals surface area contributed by atoms with Gasteiger partial charge in [-0.25, -0.2) is 9.98 Å². The van der Waals surface area contributed by atoms with Crippen molar-refractivity contribution in [3.8, 4) is 0 Å². The van der Waals surface area contributed by atoms with E-state index < -0.39 is 0 Å². The van der Waals surface area contributed by atoms with Crippen molar-refractivity contribution in [3.05, 3.63) is 16.1 Å². The second-order valence-corrected chi connectivity index (χ2v) is 4.29. The van der Waals surface area contributed by atoms with Gasteiger partial charge in [0.15, 0.2) is 5.96 Å². The van der Waals surface area contributed by atoms with Crippen LogP contribution in [0.5, 0.6) is 0 Å². The van der Waals surface area contributed by atoms with Crippen LogP contribution >= 0.6 is 11.3 Å². The summed E-state index contributed by atoms with van der Waals surface area (Å²) < 4.78 is 0. The van der Waals surface area contributed by atoms with Crippen LogP contribution in [-0.4, -0.2) is 17.5 Å². The molecule has 0 unspecified atom stereocenters. The highest BCUT2D eigenvalue weighted by atomic mass is 32.1. The molecule has 0 aliphatic carbocycles. The Balaban J connectivity index is 2.38. The highest BCUT2D eigenvalue weighted by Crippen LogP contribution is 2.11. The van der Waals surface area contributed by atoms with Crippen molar-refractivity contribution < 1.29 is 0 Å². The molecule has 0 aliphatic heterocycles. The third-order valence-electron chi connectivity index (χ3n) is 1.63. The van der Waals surface area contributed by atoms with Crippen LogP contribution in [0.1, 0.15) is 23.2 Å². The van der Waals surface area contributed by atoms with Crippen LogP contribution in [0.15, 0.2) is 11.2 Å². The molecule has 0 radical (unpaired) electrons. The number of rotatable bonds is 4. The van der Waals surface area contributed by atoms with Crippen LogP contribution in [0, 0.1) is 6.92 Å². The number of aryl methyl sites for hydroxylation is 1. The monoisotopic (exact) mass is 212 g/mol. The molecule has 0 spiro atoms. The van der Waals surface area contributed by atoms with Gasteiger partial charge in [-0.1, -0.05) is 6.92 Å². The summed E-state index contributed by atoms with van der Waals surface area (Å²) >= 11 is 1.65. The van der Waals surface area contributed by atoms with E-state index in [0.717, 1.165) is 22.9 Å². The molecule has 0 amide bonds. The standard InChI is InChI=1S/C9H16N4S/c1-3-4-11-9(10)13-6-8-5-12-7(2)14-8/h5H,3-4,6H2,1-2H3,(H3,10,11,13). The van der Waals surface area contributed by atoms with Crippen LogP contribution in [0.2, 0.25) is 0 Å². The van der Waals surface area contributed by atoms with E-state index in [0.29, 0.717) is 12.5 Å². The van der Waals surface area contributed by atoms with Crippen molar-refractivity contribution in [2.24, 2.45) is 10.7 Å². The van der Waals surface area contributed by atoms with Crippen molar-refractivity contribution in [2.45, 2.75) is 26.8 Å². The SMILES string of the molecule is CCCNC(N)=NCc1cnc(C)s1. The van der Waals surface area contributed by atoms with Crippen molar-refractivity contribution >= 4 is 17.3 Å². The zero-order valence-corrected chi connectivity index (χ0v) is 9.40. The summed E-state index contributed by atoms with van der Waals surface area (Å²) in [5, 5.41) is 4.09. The highest BCUT2D eigenvalue weighted by molar-refractivity contribution is 7.11. The lowest BCUT2D eigenvalue weighted by Crippen LogP contribution is -2.32. The molecular formula is C9H16N4S. The molecule has 0 atom stereocenters. The largest absolute Gasteiger partial charge is 0.370 e. The molecule has 14 heavy (non-hydrogen) atoms. The second-order valence-electron chi connectivity index (χ2n) is 2.97. The molecule has 0 aromatic carbocycles. The van der Waals surface area contributed by atoms with E-state index in [-0.39, 0.29) is 0 Å². The minimum absolute atomic E-state index is 0.512. The maximum atomic E-state index is 5.64. The molecule has 0 saturated heterocycles. The number of nitrogens with one attached hydrogen (secondary N) is 1. The Bertz CT molecular complexity index is 306. The van der Waals surface area contributed by atoms with Crippen LogP contribution in [0.4, 0.5) is 0 Å². The zero-order valence-electron chi connectivity index (χ0n) is 8.58. The predicted molar refractivity (Wildman–Crippen MR) is 60.5 cm³/mol. The minimum atomic E-state index is 0.512. The molecule has 3 N–H and O–H groups in total. The van der Waals surface area contributed by atoms with Gasteiger partial charge in [0.25, 0.3) is 0 Å². The van der Waals surface area contributed by atoms with Gasteiger partial charge in [0, 0.05) is 17.6 Å². The first-order valence-electron chi connectivity index (χ1n) is 4.67. The Morgan fingerprint density at radius 2 is 2.50 bits per heavy atom. The van der Waals surface area contributed by atoms with E-state index in [4.69, 9.17) is 5.73 Å². The molecule has 1 aromatic rings. The molecule has 1 rings (SSSR count). The van der Waals surface area contributed by atoms with Gasteiger partial charge in [-0.3, -0.25) is 0 Å². The van der Waals surface area contributed by atoms with Crippen LogP contribution in [0.3, 0.4) is 0 Å². The fraction of sp³-hybridized carbons (Fsp3) is 0.556. The fourth-order valence-electron chi connectivity index (χ4n) is 0.950. The summed E-state index contributed by atoms with van der Waals surface area (Å²) in [5.41, 5.74) is 5.64. The molecule has 0 fully saturated rings. The minimum Gasteiger partial charge on any atom is -0.370 e. The Hall–Kier alpha value is -1.10. The van der Waals surface area contributed by atoms with E-state index in [2.05, 4.69) is 22.2 Å². The highest BCUT2D eigenvalue weighted by Gasteiger charge is 1.96. The second kappa shape index (κ2) is 5.59. The smallest absolute Gasteiger partial charge is 0.188 e. The van der Waals surface area contributed by atoms with Gasteiger partial charge in [-0.15, -0.1) is 11.3 Å². The van der Waals surface area contributed by atoms with Gasteiger partial charge in [0.2, 0.25) is 0 Å². The van der Waals surface area contributed by atoms with Gasteiger partial charge in [-0.05, 0) is 13.3 Å². The number of nitrogens with zero attached hydrogens (tertiary/aromatic N) is 2. The van der Waals surface area contributed by atoms with Crippen molar-refractivity contribution in [2.75, 3.05) is 6.54 Å². The lowest BCUT2D eigenvalue weighted by atomic mass is 10.5. The average molecular weight is 212 g/mol. The maximum absolute atomic E-state index is 5.64. The quantitative estimate of drug-likeness (QED) is 0.583. The van der Waals surface area contributed by atoms with Gasteiger partial charge in [-0.2, -0.15) is 0 Å². The number of hydrogen-bond donors (Lipinski definition) is 2. The molecule has 1 heterocycles. The van der Waals surface area contributed by atoms with Crippen molar-refractivity contribution in [1.29, 1.82) is 0 Å². The third-order valence-corrected chi connectivity index (χ3v) is 2.53. The molecule has 0 bridgehead atoms. The third kappa shape index (κ3) is 3.74. The van der Waals surface area contributed by atoms with E-state index in [1.54, 1.807) is 11.3 Å². The maximum Gasteiger partial charge on any atom is 0.188 e. The Labute approximate surface area is 88.3 Å². The first-order chi connectivity index (χ1) is 6.72. The Morgan fingerprint density at radius 1 is 1.71 bits per heavy atom. The van der Waals surface area contributed by atoms with Gasteiger partial charge < -0.3 is 11.1 Å². The van der Waals surface area contributed by atoms with E-state index in [1.165, 1.54) is 0 Å². The summed E-state index contributed by atoms with van der Waals surface area (Å²) in [6.45, 7) is 5.56. The number of aliphatic imine (C=N–C) groups is 1. The topological polar surface area (TPSA) is 63.3 Å². The number of nitrogens with two attached hydrogens (primary N) is 1. The number of thiazole rings is 1. The Kier molecular flexibility index (Phi) is 4.39. The van der Waals surface area contributed by atoms with Crippen LogP contribution in [-0.2, 0) is 6.54 Å². The summed E-state index contributed by atoms with van der Waals surface area (Å²) in [5.74, 6) is 0.512. The van der Waals surface area contributed by atoms with Crippen LogP contribution < -0.4 is 11.1 Å². The van der Waals surface area contributed by atoms with Crippen LogP contribution in [0.25, 0.3) is 0 Å². The lowest BCUT2D eigenvalue weighted by Gasteiger charge is -2.01. The van der Waals surface area contributed by atoms with E-state index >= 15 is 0 Å². The van der Waals surface area contributed by atoms with Gasteiger partial charge in [0.1, 0.15) is 0 Å². The molecule has 0 aliphatic rings. The Morgan fingerprint density at radius 3 is 3.07 bits per heavy atom. The van der Waals surface area contributed by atoms with E-state index in [1.807, 2.05) is 13.1 Å². The lowest BCUT2D eigenvalue weighted by molar-refractivity contribution is 0.826. The van der Waals surface area contributed by atoms with Gasteiger partial charge in [0.05, 0.1) is 11.6 Å². The number of aromatic nitrogens is 1. The molecule has 1 aromatic heterocycles. The van der Waals surface area contributed by atoms with Crippen molar-refractivity contribution in [1.82, 2.24) is 10.3 Å². The number of hydrogen-bond acceptors (Lipinski definition) is 3. The summed E-state index contributed by atoms with van der Waals surface area (Å²) in [6.07, 6.45) is 2.90.